The van der Waals surface area contributed by atoms with Crippen LogP contribution in [-0.4, -0.2) is 33.8 Å². The Morgan fingerprint density at radius 1 is 1.04 bits per heavy atom. The summed E-state index contributed by atoms with van der Waals surface area (Å²) >= 11 is 0. The molecule has 2 rings (SSSR count). The van der Waals surface area contributed by atoms with Crippen molar-refractivity contribution in [1.29, 1.82) is 0 Å². The van der Waals surface area contributed by atoms with E-state index in [4.69, 9.17) is 14.2 Å². The van der Waals surface area contributed by atoms with Crippen LogP contribution in [0.5, 0.6) is 17.2 Å². The number of benzene rings is 2. The van der Waals surface area contributed by atoms with Crippen LogP contribution in [0.15, 0.2) is 35.9 Å². The van der Waals surface area contributed by atoms with Crippen LogP contribution in [-0.2, 0) is 0 Å². The Balaban J connectivity index is 2.14. The summed E-state index contributed by atoms with van der Waals surface area (Å²) in [6, 6.07) is 6.41. The van der Waals surface area contributed by atoms with Gasteiger partial charge in [0.15, 0.2) is 11.5 Å². The van der Waals surface area contributed by atoms with Gasteiger partial charge < -0.3 is 19.5 Å². The fourth-order valence-electron chi connectivity index (χ4n) is 2.47. The molecule has 2 aromatic rings. The molecule has 0 atom stereocenters. The van der Waals surface area contributed by atoms with E-state index in [9.17, 15) is 13.6 Å². The molecule has 2 aromatic carbocycles. The Hall–Kier alpha value is -3.09. The van der Waals surface area contributed by atoms with Crippen LogP contribution >= 0.6 is 0 Å². The van der Waals surface area contributed by atoms with Gasteiger partial charge in [0.25, 0.3) is 5.91 Å². The molecule has 1 N–H and O–H groups in total. The van der Waals surface area contributed by atoms with Crippen molar-refractivity contribution in [3.05, 3.63) is 58.7 Å². The molecule has 0 spiro atoms. The molecule has 5 nitrogen and oxygen atoms in total. The second-order valence-corrected chi connectivity index (χ2v) is 5.75. The first kappa shape index (κ1) is 20.2. The van der Waals surface area contributed by atoms with Crippen molar-refractivity contribution < 1.29 is 27.8 Å². The number of hydrogen-bond donors (Lipinski definition) is 1. The van der Waals surface area contributed by atoms with Gasteiger partial charge >= 0.3 is 0 Å². The number of carbonyl (C=O) groups is 1. The molecule has 1 amide bonds. The minimum Gasteiger partial charge on any atom is -0.493 e. The Morgan fingerprint density at radius 2 is 1.67 bits per heavy atom. The van der Waals surface area contributed by atoms with Crippen molar-refractivity contribution in [1.82, 2.24) is 5.32 Å². The summed E-state index contributed by atoms with van der Waals surface area (Å²) in [5, 5.41) is 2.73. The second-order valence-electron chi connectivity index (χ2n) is 5.75. The normalized spacial score (nSPS) is 11.1. The van der Waals surface area contributed by atoms with Gasteiger partial charge in [-0.1, -0.05) is 11.6 Å². The summed E-state index contributed by atoms with van der Waals surface area (Å²) < 4.78 is 42.3. The highest BCUT2D eigenvalue weighted by Gasteiger charge is 2.16. The third kappa shape index (κ3) is 4.97. The van der Waals surface area contributed by atoms with Gasteiger partial charge in [0.1, 0.15) is 11.6 Å². The van der Waals surface area contributed by atoms with E-state index < -0.39 is 11.6 Å². The summed E-state index contributed by atoms with van der Waals surface area (Å²) in [5.74, 6) is -0.547. The maximum atomic E-state index is 13.7. The number of rotatable bonds is 7. The van der Waals surface area contributed by atoms with Crippen molar-refractivity contribution >= 4 is 12.0 Å². The predicted octanol–water partition coefficient (Wildman–Crippen LogP) is 3.82. The maximum absolute atomic E-state index is 13.7. The highest BCUT2D eigenvalue weighted by molar-refractivity contribution is 5.95. The first-order valence-corrected chi connectivity index (χ1v) is 8.10. The molecule has 0 aliphatic rings. The zero-order valence-electron chi connectivity index (χ0n) is 15.6. The molecular formula is C20H21F2NO4. The van der Waals surface area contributed by atoms with Gasteiger partial charge in [-0.05, 0) is 31.2 Å². The van der Waals surface area contributed by atoms with Crippen LogP contribution in [0, 0.1) is 11.6 Å². The highest BCUT2D eigenvalue weighted by atomic mass is 19.1. The van der Waals surface area contributed by atoms with Gasteiger partial charge in [-0.25, -0.2) is 8.78 Å². The molecule has 0 aliphatic heterocycles. The van der Waals surface area contributed by atoms with E-state index in [-0.39, 0.29) is 18.0 Å². The Labute approximate surface area is 156 Å². The second kappa shape index (κ2) is 9.02. The monoisotopic (exact) mass is 377 g/mol. The fraction of sp³-hybridized carbons (Fsp3) is 0.250. The molecule has 0 radical (unpaired) electrons. The molecule has 0 fully saturated rings. The molecule has 27 heavy (non-hydrogen) atoms. The Bertz CT molecular complexity index is 840. The van der Waals surface area contributed by atoms with Crippen LogP contribution in [0.25, 0.3) is 6.08 Å². The van der Waals surface area contributed by atoms with E-state index in [0.29, 0.717) is 28.4 Å². The van der Waals surface area contributed by atoms with Gasteiger partial charge in [-0.2, -0.15) is 0 Å². The maximum Gasteiger partial charge on any atom is 0.251 e. The lowest BCUT2D eigenvalue weighted by Gasteiger charge is -2.14. The molecule has 0 saturated heterocycles. The Morgan fingerprint density at radius 3 is 2.19 bits per heavy atom. The van der Waals surface area contributed by atoms with Crippen LogP contribution in [0.2, 0.25) is 0 Å². The average molecular weight is 377 g/mol. The minimum atomic E-state index is -0.662. The zero-order chi connectivity index (χ0) is 20.0. The molecule has 0 aromatic heterocycles. The van der Waals surface area contributed by atoms with E-state index in [1.54, 1.807) is 13.0 Å². The molecule has 0 saturated carbocycles. The number of ether oxygens (including phenoxy) is 3. The van der Waals surface area contributed by atoms with Crippen LogP contribution in [0.3, 0.4) is 0 Å². The first-order chi connectivity index (χ1) is 12.9. The third-order valence-electron chi connectivity index (χ3n) is 3.82. The third-order valence-corrected chi connectivity index (χ3v) is 3.82. The van der Waals surface area contributed by atoms with E-state index in [1.165, 1.54) is 45.6 Å². The largest absolute Gasteiger partial charge is 0.493 e. The van der Waals surface area contributed by atoms with Gasteiger partial charge in [0, 0.05) is 23.7 Å². The van der Waals surface area contributed by atoms with Gasteiger partial charge in [0.2, 0.25) is 5.75 Å². The van der Waals surface area contributed by atoms with Gasteiger partial charge in [-0.3, -0.25) is 4.79 Å². The summed E-state index contributed by atoms with van der Waals surface area (Å²) in [5.41, 5.74) is 1.27. The highest BCUT2D eigenvalue weighted by Crippen LogP contribution is 2.38. The molecule has 0 bridgehead atoms. The molecular weight excluding hydrogens is 356 g/mol. The standard InChI is InChI=1S/C20H21F2NO4/c1-12(7-13-5-6-15(21)10-16(13)22)11-23-20(24)14-8-17(25-2)19(27-4)18(9-14)26-3/h5-10H,11H2,1-4H3,(H,23,24)/b12-7+. The molecule has 0 aliphatic carbocycles. The van der Waals surface area contributed by atoms with Crippen molar-refractivity contribution in [2.75, 3.05) is 27.9 Å². The smallest absolute Gasteiger partial charge is 0.251 e. The summed E-state index contributed by atoms with van der Waals surface area (Å²) in [6.07, 6.45) is 1.55. The van der Waals surface area contributed by atoms with Gasteiger partial charge in [-0.15, -0.1) is 0 Å². The molecule has 144 valence electrons. The summed E-state index contributed by atoms with van der Waals surface area (Å²) in [6.45, 7) is 1.92. The predicted molar refractivity (Wildman–Crippen MR) is 98.4 cm³/mol. The van der Waals surface area contributed by atoms with Crippen molar-refractivity contribution in [2.24, 2.45) is 0 Å². The number of carbonyl (C=O) groups excluding carboxylic acids is 1. The topological polar surface area (TPSA) is 56.8 Å². The zero-order valence-corrected chi connectivity index (χ0v) is 15.6. The summed E-state index contributed by atoms with van der Waals surface area (Å²) in [7, 11) is 4.40. The average Bonchev–Trinajstić information content (AvgIpc) is 2.66. The number of amides is 1. The SMILES string of the molecule is COc1cc(C(=O)NC/C(C)=C/c2ccc(F)cc2F)cc(OC)c1OC. The first-order valence-electron chi connectivity index (χ1n) is 8.10. The lowest BCUT2D eigenvalue weighted by Crippen LogP contribution is -2.25. The number of hydrogen-bond acceptors (Lipinski definition) is 4. The number of halogens is 2. The molecule has 0 heterocycles. The van der Waals surface area contributed by atoms with Crippen molar-refractivity contribution in [3.63, 3.8) is 0 Å². The summed E-state index contributed by atoms with van der Waals surface area (Å²) in [4.78, 5) is 12.4. The van der Waals surface area contributed by atoms with Crippen molar-refractivity contribution in [3.8, 4) is 17.2 Å². The number of methoxy groups -OCH3 is 3. The molecule has 7 heteroatoms. The van der Waals surface area contributed by atoms with Crippen LogP contribution in [0.4, 0.5) is 8.78 Å². The lowest BCUT2D eigenvalue weighted by molar-refractivity contribution is 0.0956. The van der Waals surface area contributed by atoms with E-state index >= 15 is 0 Å². The quantitative estimate of drug-likeness (QED) is 0.797. The van der Waals surface area contributed by atoms with E-state index in [2.05, 4.69) is 5.32 Å². The molecule has 0 unspecified atom stereocenters. The van der Waals surface area contributed by atoms with Crippen molar-refractivity contribution in [2.45, 2.75) is 6.92 Å². The van der Waals surface area contributed by atoms with Gasteiger partial charge in [0.05, 0.1) is 21.3 Å². The fourth-order valence-corrected chi connectivity index (χ4v) is 2.47. The van der Waals surface area contributed by atoms with E-state index in [0.717, 1.165) is 6.07 Å². The number of nitrogens with one attached hydrogen (secondary N) is 1. The van der Waals surface area contributed by atoms with Crippen LogP contribution < -0.4 is 19.5 Å². The Kier molecular flexibility index (Phi) is 6.76. The lowest BCUT2D eigenvalue weighted by atomic mass is 10.1. The van der Waals surface area contributed by atoms with E-state index in [1.807, 2.05) is 0 Å². The van der Waals surface area contributed by atoms with Crippen LogP contribution in [0.1, 0.15) is 22.8 Å². The minimum absolute atomic E-state index is 0.187.